The van der Waals surface area contributed by atoms with Gasteiger partial charge in [0.15, 0.2) is 0 Å². The molecule has 1 fully saturated rings. The van der Waals surface area contributed by atoms with Gasteiger partial charge in [-0.15, -0.1) is 12.4 Å². The van der Waals surface area contributed by atoms with Gasteiger partial charge in [-0.25, -0.2) is 4.68 Å². The van der Waals surface area contributed by atoms with Crippen molar-refractivity contribution in [3.63, 3.8) is 0 Å². The molecule has 158 valence electrons. The molecule has 1 atom stereocenters. The Morgan fingerprint density at radius 2 is 1.90 bits per heavy atom. The molecule has 4 rings (SSSR count). The predicted octanol–water partition coefficient (Wildman–Crippen LogP) is 3.33. The fourth-order valence-corrected chi connectivity index (χ4v) is 3.68. The van der Waals surface area contributed by atoms with Crippen LogP contribution in [0.4, 0.5) is 0 Å². The standard InChI is InChI=1S/C23H26N4O2.ClH/c1-17-15-26(13-12-24-17)22(28)14-19-16-27(20-6-4-3-5-7-20)25-23(19)18-8-10-21(29-2)11-9-18;/h3-11,16-17,24H,12-15H2,1-2H3;1H. The number of ether oxygens (including phenoxy) is 1. The molecule has 1 unspecified atom stereocenters. The molecule has 0 saturated carbocycles. The van der Waals surface area contributed by atoms with Crippen LogP contribution in [0.1, 0.15) is 12.5 Å². The summed E-state index contributed by atoms with van der Waals surface area (Å²) in [6, 6.07) is 18.1. The molecule has 0 spiro atoms. The summed E-state index contributed by atoms with van der Waals surface area (Å²) >= 11 is 0. The SMILES string of the molecule is COc1ccc(-c2nn(-c3ccccc3)cc2CC(=O)N2CCNC(C)C2)cc1.Cl. The predicted molar refractivity (Wildman–Crippen MR) is 121 cm³/mol. The third-order valence-electron chi connectivity index (χ3n) is 5.24. The lowest BCUT2D eigenvalue weighted by atomic mass is 10.0. The number of hydrogen-bond donors (Lipinski definition) is 1. The number of para-hydroxylation sites is 1. The van der Waals surface area contributed by atoms with E-state index in [2.05, 4.69) is 12.2 Å². The van der Waals surface area contributed by atoms with Gasteiger partial charge in [-0.3, -0.25) is 4.79 Å². The van der Waals surface area contributed by atoms with E-state index in [0.29, 0.717) is 12.5 Å². The van der Waals surface area contributed by atoms with E-state index < -0.39 is 0 Å². The zero-order valence-electron chi connectivity index (χ0n) is 17.2. The Balaban J connectivity index is 0.00000256. The minimum absolute atomic E-state index is 0. The van der Waals surface area contributed by atoms with E-state index in [1.54, 1.807) is 7.11 Å². The van der Waals surface area contributed by atoms with Crippen molar-refractivity contribution in [2.24, 2.45) is 0 Å². The number of benzene rings is 2. The molecule has 3 aromatic rings. The van der Waals surface area contributed by atoms with Crippen molar-refractivity contribution in [3.05, 3.63) is 66.4 Å². The Morgan fingerprint density at radius 1 is 1.17 bits per heavy atom. The summed E-state index contributed by atoms with van der Waals surface area (Å²) in [6.07, 6.45) is 2.30. The second kappa shape index (κ2) is 9.78. The third kappa shape index (κ3) is 4.83. The maximum absolute atomic E-state index is 13.0. The van der Waals surface area contributed by atoms with Crippen molar-refractivity contribution in [1.82, 2.24) is 20.0 Å². The second-order valence-corrected chi connectivity index (χ2v) is 7.38. The minimum atomic E-state index is 0. The van der Waals surface area contributed by atoms with Crippen LogP contribution in [-0.2, 0) is 11.2 Å². The van der Waals surface area contributed by atoms with E-state index in [4.69, 9.17) is 9.84 Å². The summed E-state index contributed by atoms with van der Waals surface area (Å²) in [4.78, 5) is 14.9. The van der Waals surface area contributed by atoms with Gasteiger partial charge in [0.25, 0.3) is 0 Å². The van der Waals surface area contributed by atoms with E-state index in [1.165, 1.54) is 0 Å². The van der Waals surface area contributed by atoms with Gasteiger partial charge in [-0.05, 0) is 43.3 Å². The van der Waals surface area contributed by atoms with Gasteiger partial charge >= 0.3 is 0 Å². The monoisotopic (exact) mass is 426 g/mol. The Labute approximate surface area is 183 Å². The first-order chi connectivity index (χ1) is 14.1. The number of methoxy groups -OCH3 is 1. The summed E-state index contributed by atoms with van der Waals surface area (Å²) in [6.45, 7) is 4.43. The van der Waals surface area contributed by atoms with Gasteiger partial charge in [0.05, 0.1) is 24.9 Å². The van der Waals surface area contributed by atoms with Gasteiger partial charge in [0, 0.05) is 43.0 Å². The lowest BCUT2D eigenvalue weighted by Crippen LogP contribution is -2.51. The average Bonchev–Trinajstić information content (AvgIpc) is 3.18. The zero-order valence-corrected chi connectivity index (χ0v) is 18.1. The van der Waals surface area contributed by atoms with Gasteiger partial charge in [0.2, 0.25) is 5.91 Å². The van der Waals surface area contributed by atoms with Crippen molar-refractivity contribution in [3.8, 4) is 22.7 Å². The van der Waals surface area contributed by atoms with Crippen LogP contribution in [0.15, 0.2) is 60.8 Å². The van der Waals surface area contributed by atoms with E-state index in [0.717, 1.165) is 47.9 Å². The molecule has 0 radical (unpaired) electrons. The molecule has 2 aromatic carbocycles. The first kappa shape index (κ1) is 21.9. The summed E-state index contributed by atoms with van der Waals surface area (Å²) in [5, 5.41) is 8.19. The topological polar surface area (TPSA) is 59.4 Å². The van der Waals surface area contributed by atoms with Crippen molar-refractivity contribution in [1.29, 1.82) is 0 Å². The second-order valence-electron chi connectivity index (χ2n) is 7.38. The quantitative estimate of drug-likeness (QED) is 0.679. The highest BCUT2D eigenvalue weighted by Crippen LogP contribution is 2.26. The Morgan fingerprint density at radius 3 is 2.57 bits per heavy atom. The lowest BCUT2D eigenvalue weighted by molar-refractivity contribution is -0.131. The molecule has 6 nitrogen and oxygen atoms in total. The molecule has 1 saturated heterocycles. The lowest BCUT2D eigenvalue weighted by Gasteiger charge is -2.32. The van der Waals surface area contributed by atoms with Crippen molar-refractivity contribution in [2.75, 3.05) is 26.7 Å². The van der Waals surface area contributed by atoms with Crippen LogP contribution >= 0.6 is 12.4 Å². The van der Waals surface area contributed by atoms with E-state index >= 15 is 0 Å². The molecular formula is C23H27ClN4O2. The fraction of sp³-hybridized carbons (Fsp3) is 0.304. The molecule has 2 heterocycles. The maximum Gasteiger partial charge on any atom is 0.227 e. The largest absolute Gasteiger partial charge is 0.497 e. The molecule has 0 bridgehead atoms. The summed E-state index contributed by atoms with van der Waals surface area (Å²) in [5.41, 5.74) is 3.69. The molecular weight excluding hydrogens is 400 g/mol. The van der Waals surface area contributed by atoms with Gasteiger partial charge in [-0.1, -0.05) is 18.2 Å². The summed E-state index contributed by atoms with van der Waals surface area (Å²) in [5.74, 6) is 0.935. The van der Waals surface area contributed by atoms with Crippen LogP contribution in [0, 0.1) is 0 Å². The minimum Gasteiger partial charge on any atom is -0.497 e. The highest BCUT2D eigenvalue weighted by Gasteiger charge is 2.23. The van der Waals surface area contributed by atoms with E-state index in [1.807, 2.05) is 70.4 Å². The zero-order chi connectivity index (χ0) is 20.2. The number of nitrogens with one attached hydrogen (secondary N) is 1. The van der Waals surface area contributed by atoms with Crippen LogP contribution in [0.5, 0.6) is 5.75 Å². The molecule has 0 aliphatic carbocycles. The average molecular weight is 427 g/mol. The number of amides is 1. The van der Waals surface area contributed by atoms with Crippen molar-refractivity contribution < 1.29 is 9.53 Å². The van der Waals surface area contributed by atoms with Gasteiger partial charge in [-0.2, -0.15) is 5.10 Å². The van der Waals surface area contributed by atoms with Crippen LogP contribution in [0.3, 0.4) is 0 Å². The fourth-order valence-electron chi connectivity index (χ4n) is 3.68. The Hall–Kier alpha value is -2.83. The van der Waals surface area contributed by atoms with Crippen LogP contribution in [0.2, 0.25) is 0 Å². The number of hydrogen-bond acceptors (Lipinski definition) is 4. The molecule has 1 aromatic heterocycles. The first-order valence-corrected chi connectivity index (χ1v) is 9.93. The smallest absolute Gasteiger partial charge is 0.227 e. The van der Waals surface area contributed by atoms with E-state index in [9.17, 15) is 4.79 Å². The molecule has 1 N–H and O–H groups in total. The third-order valence-corrected chi connectivity index (χ3v) is 5.24. The summed E-state index contributed by atoms with van der Waals surface area (Å²) in [7, 11) is 1.65. The number of rotatable bonds is 5. The van der Waals surface area contributed by atoms with E-state index in [-0.39, 0.29) is 18.3 Å². The summed E-state index contributed by atoms with van der Waals surface area (Å²) < 4.78 is 7.12. The first-order valence-electron chi connectivity index (χ1n) is 9.93. The molecule has 1 aliphatic heterocycles. The number of halogens is 1. The molecule has 30 heavy (non-hydrogen) atoms. The van der Waals surface area contributed by atoms with Crippen molar-refractivity contribution >= 4 is 18.3 Å². The van der Waals surface area contributed by atoms with Crippen LogP contribution in [0.25, 0.3) is 16.9 Å². The number of carbonyl (C=O) groups is 1. The number of carbonyl (C=O) groups excluding carboxylic acids is 1. The number of piperazine rings is 1. The van der Waals surface area contributed by atoms with Gasteiger partial charge in [0.1, 0.15) is 5.75 Å². The van der Waals surface area contributed by atoms with Crippen LogP contribution < -0.4 is 10.1 Å². The maximum atomic E-state index is 13.0. The molecule has 7 heteroatoms. The Kier molecular flexibility index (Phi) is 7.13. The molecule has 1 aliphatic rings. The Bertz CT molecular complexity index is 973. The molecule has 1 amide bonds. The van der Waals surface area contributed by atoms with Gasteiger partial charge < -0.3 is 15.0 Å². The number of aromatic nitrogens is 2. The normalized spacial score (nSPS) is 16.1. The highest BCUT2D eigenvalue weighted by atomic mass is 35.5. The number of nitrogens with zero attached hydrogens (tertiary/aromatic N) is 3. The highest BCUT2D eigenvalue weighted by molar-refractivity contribution is 5.85. The van der Waals surface area contributed by atoms with Crippen LogP contribution in [-0.4, -0.2) is 53.4 Å². The van der Waals surface area contributed by atoms with Crippen molar-refractivity contribution in [2.45, 2.75) is 19.4 Å².